The molecule has 0 amide bonds. The average molecular weight is 396 g/mol. The molecule has 0 saturated carbocycles. The van der Waals surface area contributed by atoms with Crippen molar-refractivity contribution in [3.8, 4) is 45.7 Å². The summed E-state index contributed by atoms with van der Waals surface area (Å²) in [6.45, 7) is 0. The first-order valence-electron chi connectivity index (χ1n) is 8.29. The molecule has 2 aromatic carbocycles. The second-order valence-electron chi connectivity index (χ2n) is 5.82. The molecule has 0 spiro atoms. The number of benzene rings is 2. The molecular formula is C21H18ClN3O3. The van der Waals surface area contributed by atoms with E-state index in [4.69, 9.17) is 31.5 Å². The molecule has 0 unspecified atom stereocenters. The number of nitriles is 1. The molecule has 0 saturated heterocycles. The van der Waals surface area contributed by atoms with E-state index < -0.39 is 0 Å². The van der Waals surface area contributed by atoms with E-state index in [0.29, 0.717) is 39.1 Å². The maximum Gasteiger partial charge on any atom is 0.203 e. The Morgan fingerprint density at radius 3 is 2.18 bits per heavy atom. The van der Waals surface area contributed by atoms with Crippen LogP contribution in [0.1, 0.15) is 5.56 Å². The molecule has 0 aliphatic rings. The first-order chi connectivity index (χ1) is 13.5. The van der Waals surface area contributed by atoms with E-state index in [-0.39, 0.29) is 11.4 Å². The quantitative estimate of drug-likeness (QED) is 0.681. The molecule has 142 valence electrons. The number of nitrogen functional groups attached to an aromatic ring is 1. The summed E-state index contributed by atoms with van der Waals surface area (Å²) in [5.74, 6) is 1.50. The first-order valence-corrected chi connectivity index (χ1v) is 8.67. The van der Waals surface area contributed by atoms with Gasteiger partial charge in [-0.25, -0.2) is 4.98 Å². The zero-order valence-corrected chi connectivity index (χ0v) is 16.4. The smallest absolute Gasteiger partial charge is 0.203 e. The standard InChI is InChI=1S/C21H18ClN3O3/c1-26-18-9-8-14(19(27-2)20(18)28-3)15-10-17(25-21(24)16(15)11-23)12-4-6-13(22)7-5-12/h4-10H,1-3H3,(H2,24,25). The van der Waals surface area contributed by atoms with Gasteiger partial charge in [0.05, 0.1) is 27.0 Å². The highest BCUT2D eigenvalue weighted by Gasteiger charge is 2.21. The number of methoxy groups -OCH3 is 3. The molecule has 1 heterocycles. The van der Waals surface area contributed by atoms with Crippen molar-refractivity contribution in [2.75, 3.05) is 27.1 Å². The number of nitrogens with two attached hydrogens (primary N) is 1. The van der Waals surface area contributed by atoms with Crippen LogP contribution in [0, 0.1) is 11.3 Å². The number of hydrogen-bond acceptors (Lipinski definition) is 6. The van der Waals surface area contributed by atoms with Gasteiger partial charge in [0.15, 0.2) is 11.5 Å². The maximum atomic E-state index is 9.67. The Balaban J connectivity index is 2.30. The number of halogens is 1. The van der Waals surface area contributed by atoms with Crippen molar-refractivity contribution in [3.63, 3.8) is 0 Å². The highest BCUT2D eigenvalue weighted by atomic mass is 35.5. The van der Waals surface area contributed by atoms with Crippen LogP contribution in [0.25, 0.3) is 22.4 Å². The fourth-order valence-corrected chi connectivity index (χ4v) is 3.10. The van der Waals surface area contributed by atoms with E-state index in [1.165, 1.54) is 14.2 Å². The van der Waals surface area contributed by atoms with Crippen LogP contribution in [0.3, 0.4) is 0 Å². The van der Waals surface area contributed by atoms with Crippen molar-refractivity contribution in [1.82, 2.24) is 4.98 Å². The zero-order valence-electron chi connectivity index (χ0n) is 15.6. The molecule has 0 atom stereocenters. The largest absolute Gasteiger partial charge is 0.493 e. The summed E-state index contributed by atoms with van der Waals surface area (Å²) in [7, 11) is 4.59. The molecule has 0 aliphatic heterocycles. The number of hydrogen-bond donors (Lipinski definition) is 1. The third-order valence-electron chi connectivity index (χ3n) is 4.29. The third kappa shape index (κ3) is 3.40. The van der Waals surface area contributed by atoms with Crippen molar-refractivity contribution < 1.29 is 14.2 Å². The summed E-state index contributed by atoms with van der Waals surface area (Å²) < 4.78 is 16.4. The van der Waals surface area contributed by atoms with Gasteiger partial charge in [0.1, 0.15) is 17.5 Å². The number of aromatic nitrogens is 1. The van der Waals surface area contributed by atoms with Crippen molar-refractivity contribution >= 4 is 17.4 Å². The van der Waals surface area contributed by atoms with Gasteiger partial charge in [0, 0.05) is 21.7 Å². The predicted octanol–water partition coefficient (Wildman–Crippen LogP) is 4.55. The van der Waals surface area contributed by atoms with Crippen molar-refractivity contribution in [1.29, 1.82) is 5.26 Å². The lowest BCUT2D eigenvalue weighted by Gasteiger charge is -2.17. The van der Waals surface area contributed by atoms with Crippen LogP contribution in [0.15, 0.2) is 42.5 Å². The SMILES string of the molecule is COc1ccc(-c2cc(-c3ccc(Cl)cc3)nc(N)c2C#N)c(OC)c1OC. The molecule has 6 nitrogen and oxygen atoms in total. The number of rotatable bonds is 5. The van der Waals surface area contributed by atoms with E-state index in [0.717, 1.165) is 5.56 Å². The van der Waals surface area contributed by atoms with Gasteiger partial charge < -0.3 is 19.9 Å². The van der Waals surface area contributed by atoms with Gasteiger partial charge in [-0.05, 0) is 30.3 Å². The summed E-state index contributed by atoms with van der Waals surface area (Å²) in [6, 6.07) is 14.7. The predicted molar refractivity (Wildman–Crippen MR) is 109 cm³/mol. The lowest BCUT2D eigenvalue weighted by atomic mass is 9.97. The maximum absolute atomic E-state index is 9.67. The molecule has 28 heavy (non-hydrogen) atoms. The summed E-state index contributed by atoms with van der Waals surface area (Å²) in [5, 5.41) is 10.3. The number of ether oxygens (including phenoxy) is 3. The molecular weight excluding hydrogens is 378 g/mol. The van der Waals surface area contributed by atoms with Crippen LogP contribution in [-0.2, 0) is 0 Å². The molecule has 7 heteroatoms. The second kappa shape index (κ2) is 8.07. The molecule has 2 N–H and O–H groups in total. The molecule has 3 aromatic rings. The minimum atomic E-state index is 0.127. The van der Waals surface area contributed by atoms with Gasteiger partial charge >= 0.3 is 0 Å². The van der Waals surface area contributed by atoms with Crippen LogP contribution in [-0.4, -0.2) is 26.3 Å². The molecule has 3 rings (SSSR count). The molecule has 0 radical (unpaired) electrons. The average Bonchev–Trinajstić information content (AvgIpc) is 2.72. The topological polar surface area (TPSA) is 90.4 Å². The normalized spacial score (nSPS) is 10.2. The van der Waals surface area contributed by atoms with E-state index in [2.05, 4.69) is 11.1 Å². The summed E-state index contributed by atoms with van der Waals surface area (Å²) >= 11 is 5.98. The van der Waals surface area contributed by atoms with Crippen LogP contribution in [0.4, 0.5) is 5.82 Å². The highest BCUT2D eigenvalue weighted by Crippen LogP contribution is 2.46. The Labute approximate surface area is 168 Å². The molecule has 1 aromatic heterocycles. The lowest BCUT2D eigenvalue weighted by Crippen LogP contribution is -2.02. The van der Waals surface area contributed by atoms with Crippen molar-refractivity contribution in [2.45, 2.75) is 0 Å². The summed E-state index contributed by atoms with van der Waals surface area (Å²) in [6.07, 6.45) is 0. The number of nitrogens with zero attached hydrogens (tertiary/aromatic N) is 2. The monoisotopic (exact) mass is 395 g/mol. The Morgan fingerprint density at radius 2 is 1.61 bits per heavy atom. The van der Waals surface area contributed by atoms with Gasteiger partial charge in [-0.3, -0.25) is 0 Å². The van der Waals surface area contributed by atoms with Crippen LogP contribution >= 0.6 is 11.6 Å². The second-order valence-corrected chi connectivity index (χ2v) is 6.25. The third-order valence-corrected chi connectivity index (χ3v) is 4.55. The minimum Gasteiger partial charge on any atom is -0.493 e. The first kappa shape index (κ1) is 19.3. The zero-order chi connectivity index (χ0) is 20.3. The fourth-order valence-electron chi connectivity index (χ4n) is 2.98. The van der Waals surface area contributed by atoms with Crippen LogP contribution < -0.4 is 19.9 Å². The van der Waals surface area contributed by atoms with Crippen LogP contribution in [0.5, 0.6) is 17.2 Å². The van der Waals surface area contributed by atoms with Gasteiger partial charge in [0.25, 0.3) is 0 Å². The highest BCUT2D eigenvalue weighted by molar-refractivity contribution is 6.30. The minimum absolute atomic E-state index is 0.127. The van der Waals surface area contributed by atoms with Gasteiger partial charge in [-0.2, -0.15) is 5.26 Å². The van der Waals surface area contributed by atoms with Gasteiger partial charge in [-0.1, -0.05) is 23.7 Å². The van der Waals surface area contributed by atoms with Crippen LogP contribution in [0.2, 0.25) is 5.02 Å². The Bertz CT molecular complexity index is 1060. The molecule has 0 bridgehead atoms. The summed E-state index contributed by atoms with van der Waals surface area (Å²) in [5.41, 5.74) is 9.00. The van der Waals surface area contributed by atoms with Crippen molar-refractivity contribution in [3.05, 3.63) is 53.1 Å². The number of anilines is 1. The fraction of sp³-hybridized carbons (Fsp3) is 0.143. The van der Waals surface area contributed by atoms with E-state index in [1.807, 2.05) is 12.1 Å². The van der Waals surface area contributed by atoms with E-state index >= 15 is 0 Å². The van der Waals surface area contributed by atoms with Gasteiger partial charge in [0.2, 0.25) is 5.75 Å². The van der Waals surface area contributed by atoms with E-state index in [1.54, 1.807) is 37.4 Å². The molecule has 0 aliphatic carbocycles. The van der Waals surface area contributed by atoms with Crippen molar-refractivity contribution in [2.24, 2.45) is 0 Å². The Hall–Kier alpha value is -3.43. The molecule has 0 fully saturated rings. The lowest BCUT2D eigenvalue weighted by molar-refractivity contribution is 0.325. The Kier molecular flexibility index (Phi) is 5.57. The number of pyridine rings is 1. The summed E-state index contributed by atoms with van der Waals surface area (Å²) in [4.78, 5) is 4.38. The Morgan fingerprint density at radius 1 is 0.929 bits per heavy atom. The van der Waals surface area contributed by atoms with Gasteiger partial charge in [-0.15, -0.1) is 0 Å². The van der Waals surface area contributed by atoms with E-state index in [9.17, 15) is 5.26 Å².